The average molecular weight is 358 g/mol. The Labute approximate surface area is 152 Å². The lowest BCUT2D eigenvalue weighted by Gasteiger charge is -2.41. The Morgan fingerprint density at radius 3 is 2.77 bits per heavy atom. The van der Waals surface area contributed by atoms with Gasteiger partial charge in [-0.2, -0.15) is 0 Å². The van der Waals surface area contributed by atoms with Gasteiger partial charge >= 0.3 is 5.97 Å². The van der Waals surface area contributed by atoms with E-state index in [1.165, 1.54) is 12.1 Å². The van der Waals surface area contributed by atoms with Crippen molar-refractivity contribution in [1.82, 2.24) is 0 Å². The molecule has 1 saturated heterocycles. The van der Waals surface area contributed by atoms with Gasteiger partial charge in [-0.1, -0.05) is 42.5 Å². The summed E-state index contributed by atoms with van der Waals surface area (Å²) in [6, 6.07) is 15.8. The zero-order chi connectivity index (χ0) is 18.4. The first-order chi connectivity index (χ1) is 12.7. The van der Waals surface area contributed by atoms with Crippen LogP contribution in [0.25, 0.3) is 0 Å². The lowest BCUT2D eigenvalue weighted by atomic mass is 9.72. The minimum absolute atomic E-state index is 0.252. The van der Waals surface area contributed by atoms with Crippen LogP contribution in [0, 0.1) is 5.82 Å². The smallest absolute Gasteiger partial charge is 0.319 e. The van der Waals surface area contributed by atoms with E-state index >= 15 is 0 Å². The molecular weight excluding hydrogens is 335 g/mol. The Bertz CT molecular complexity index is 734. The van der Waals surface area contributed by atoms with Crippen molar-refractivity contribution in [3.05, 3.63) is 71.5 Å². The summed E-state index contributed by atoms with van der Waals surface area (Å²) in [5.41, 5.74) is 0.484. The molecule has 2 atom stereocenters. The molecule has 1 aliphatic heterocycles. The van der Waals surface area contributed by atoms with E-state index in [4.69, 9.17) is 14.2 Å². The minimum Gasteiger partial charge on any atom is -0.465 e. The van der Waals surface area contributed by atoms with Crippen molar-refractivity contribution in [2.24, 2.45) is 0 Å². The highest BCUT2D eigenvalue weighted by atomic mass is 19.1. The summed E-state index contributed by atoms with van der Waals surface area (Å²) in [7, 11) is 0. The predicted octanol–water partition coefficient (Wildman–Crippen LogP) is 3.63. The molecule has 0 amide bonds. The number of hydrogen-bond donors (Lipinski definition) is 0. The van der Waals surface area contributed by atoms with Crippen molar-refractivity contribution in [1.29, 1.82) is 0 Å². The van der Waals surface area contributed by atoms with Gasteiger partial charge in [0, 0.05) is 6.61 Å². The minimum atomic E-state index is -1.08. The maximum absolute atomic E-state index is 13.9. The molecule has 5 heteroatoms. The van der Waals surface area contributed by atoms with Crippen molar-refractivity contribution in [3.63, 3.8) is 0 Å². The van der Waals surface area contributed by atoms with E-state index in [1.807, 2.05) is 30.3 Å². The van der Waals surface area contributed by atoms with Gasteiger partial charge in [0.05, 0.1) is 19.8 Å². The van der Waals surface area contributed by atoms with Crippen LogP contribution in [0.3, 0.4) is 0 Å². The zero-order valence-corrected chi connectivity index (χ0v) is 14.8. The van der Waals surface area contributed by atoms with Gasteiger partial charge in [-0.05, 0) is 36.6 Å². The number of halogens is 1. The molecule has 0 radical (unpaired) electrons. The number of carbonyl (C=O) groups excluding carboxylic acids is 1. The molecule has 138 valence electrons. The van der Waals surface area contributed by atoms with E-state index in [1.54, 1.807) is 19.1 Å². The van der Waals surface area contributed by atoms with Crippen molar-refractivity contribution < 1.29 is 23.4 Å². The van der Waals surface area contributed by atoms with Crippen molar-refractivity contribution in [3.8, 4) is 0 Å². The molecule has 2 unspecified atom stereocenters. The van der Waals surface area contributed by atoms with Crippen LogP contribution in [0.15, 0.2) is 54.6 Å². The topological polar surface area (TPSA) is 44.8 Å². The fourth-order valence-corrected chi connectivity index (χ4v) is 3.40. The molecule has 0 saturated carbocycles. The second-order valence-corrected chi connectivity index (χ2v) is 6.31. The molecule has 26 heavy (non-hydrogen) atoms. The lowest BCUT2D eigenvalue weighted by Crippen LogP contribution is -2.54. The van der Waals surface area contributed by atoms with E-state index in [-0.39, 0.29) is 19.0 Å². The van der Waals surface area contributed by atoms with Crippen molar-refractivity contribution in [2.45, 2.75) is 31.5 Å². The Balaban J connectivity index is 1.94. The van der Waals surface area contributed by atoms with Crippen LogP contribution < -0.4 is 0 Å². The van der Waals surface area contributed by atoms with E-state index in [9.17, 15) is 9.18 Å². The number of rotatable bonds is 6. The highest BCUT2D eigenvalue weighted by Crippen LogP contribution is 2.39. The zero-order valence-electron chi connectivity index (χ0n) is 14.8. The van der Waals surface area contributed by atoms with Gasteiger partial charge in [-0.15, -0.1) is 0 Å². The van der Waals surface area contributed by atoms with Gasteiger partial charge in [0.25, 0.3) is 0 Å². The van der Waals surface area contributed by atoms with Gasteiger partial charge < -0.3 is 14.2 Å². The van der Waals surface area contributed by atoms with E-state index < -0.39 is 17.5 Å². The second-order valence-electron chi connectivity index (χ2n) is 6.31. The van der Waals surface area contributed by atoms with E-state index in [0.717, 1.165) is 5.56 Å². The van der Waals surface area contributed by atoms with Crippen LogP contribution in [0.4, 0.5) is 4.39 Å². The van der Waals surface area contributed by atoms with Crippen LogP contribution >= 0.6 is 0 Å². The Morgan fingerprint density at radius 1 is 1.23 bits per heavy atom. The molecule has 4 nitrogen and oxygen atoms in total. The monoisotopic (exact) mass is 358 g/mol. The molecular formula is C21H23FO4. The third-order valence-corrected chi connectivity index (χ3v) is 4.73. The van der Waals surface area contributed by atoms with Gasteiger partial charge in [0.15, 0.2) is 0 Å². The third kappa shape index (κ3) is 3.79. The molecule has 3 rings (SSSR count). The van der Waals surface area contributed by atoms with Gasteiger partial charge in [0.1, 0.15) is 17.3 Å². The first kappa shape index (κ1) is 18.5. The fourth-order valence-electron chi connectivity index (χ4n) is 3.40. The largest absolute Gasteiger partial charge is 0.465 e. The maximum atomic E-state index is 13.9. The summed E-state index contributed by atoms with van der Waals surface area (Å²) in [4.78, 5) is 13.0. The summed E-state index contributed by atoms with van der Waals surface area (Å²) < 4.78 is 30.9. The third-order valence-electron chi connectivity index (χ3n) is 4.73. The first-order valence-electron chi connectivity index (χ1n) is 8.83. The Hall–Kier alpha value is -2.24. The summed E-state index contributed by atoms with van der Waals surface area (Å²) in [6.07, 6.45) is -0.174. The van der Waals surface area contributed by atoms with Crippen LogP contribution in [-0.2, 0) is 31.0 Å². The van der Waals surface area contributed by atoms with Gasteiger partial charge in [-0.3, -0.25) is 4.79 Å². The number of esters is 1. The first-order valence-corrected chi connectivity index (χ1v) is 8.83. The summed E-state index contributed by atoms with van der Waals surface area (Å²) in [5, 5.41) is 0. The van der Waals surface area contributed by atoms with Gasteiger partial charge in [0.2, 0.25) is 0 Å². The van der Waals surface area contributed by atoms with Crippen LogP contribution in [0.1, 0.15) is 24.5 Å². The summed E-state index contributed by atoms with van der Waals surface area (Å²) >= 11 is 0. The standard InChI is InChI=1S/C21H23FO4/c1-2-25-20(23)21(17-9-6-10-18(22)13-17)11-12-24-15-19(21)26-14-16-7-4-3-5-8-16/h3-10,13,19H,2,11-12,14-15H2,1H3. The Morgan fingerprint density at radius 2 is 2.04 bits per heavy atom. The molecule has 2 aromatic carbocycles. The molecule has 2 aromatic rings. The number of carbonyl (C=O) groups is 1. The fraction of sp³-hybridized carbons (Fsp3) is 0.381. The summed E-state index contributed by atoms with van der Waals surface area (Å²) in [6.45, 7) is 2.99. The molecule has 1 aliphatic rings. The SMILES string of the molecule is CCOC(=O)C1(c2cccc(F)c2)CCOCC1OCc1ccccc1. The number of hydrogen-bond acceptors (Lipinski definition) is 4. The average Bonchev–Trinajstić information content (AvgIpc) is 2.67. The lowest BCUT2D eigenvalue weighted by molar-refractivity contribution is -0.170. The quantitative estimate of drug-likeness (QED) is 0.740. The normalized spacial score (nSPS) is 22.8. The van der Waals surface area contributed by atoms with E-state index in [2.05, 4.69) is 0 Å². The molecule has 0 aromatic heterocycles. The maximum Gasteiger partial charge on any atom is 0.319 e. The number of ether oxygens (including phenoxy) is 3. The molecule has 1 heterocycles. The molecule has 0 spiro atoms. The van der Waals surface area contributed by atoms with Crippen LogP contribution in [0.2, 0.25) is 0 Å². The highest BCUT2D eigenvalue weighted by Gasteiger charge is 2.51. The van der Waals surface area contributed by atoms with Crippen molar-refractivity contribution in [2.75, 3.05) is 19.8 Å². The highest BCUT2D eigenvalue weighted by molar-refractivity contribution is 5.84. The van der Waals surface area contributed by atoms with Crippen LogP contribution in [-0.4, -0.2) is 31.9 Å². The molecule has 0 aliphatic carbocycles. The molecule has 0 N–H and O–H groups in total. The molecule has 0 bridgehead atoms. The van der Waals surface area contributed by atoms with E-state index in [0.29, 0.717) is 25.2 Å². The number of benzene rings is 2. The second kappa shape index (κ2) is 8.43. The van der Waals surface area contributed by atoms with Crippen LogP contribution in [0.5, 0.6) is 0 Å². The van der Waals surface area contributed by atoms with Crippen molar-refractivity contribution >= 4 is 5.97 Å². The summed E-state index contributed by atoms with van der Waals surface area (Å²) in [5.74, 6) is -0.786. The molecule has 1 fully saturated rings. The van der Waals surface area contributed by atoms with Gasteiger partial charge in [-0.25, -0.2) is 4.39 Å². The Kier molecular flexibility index (Phi) is 6.01. The predicted molar refractivity (Wildman–Crippen MR) is 95.2 cm³/mol.